The van der Waals surface area contributed by atoms with Crippen molar-refractivity contribution in [3.05, 3.63) is 77.4 Å². The summed E-state index contributed by atoms with van der Waals surface area (Å²) in [4.78, 5) is 12.1. The second kappa shape index (κ2) is 6.71. The highest BCUT2D eigenvalue weighted by molar-refractivity contribution is 6.04. The molecule has 0 saturated carbocycles. The summed E-state index contributed by atoms with van der Waals surface area (Å²) in [7, 11) is 0. The molecule has 1 heterocycles. The Bertz CT molecular complexity index is 738. The van der Waals surface area contributed by atoms with E-state index in [1.165, 1.54) is 6.07 Å². The van der Waals surface area contributed by atoms with Gasteiger partial charge in [0, 0.05) is 18.3 Å². The Hall–Kier alpha value is -2.53. The van der Waals surface area contributed by atoms with Crippen molar-refractivity contribution in [2.24, 2.45) is 0 Å². The molecule has 1 aliphatic heterocycles. The van der Waals surface area contributed by atoms with E-state index in [0.29, 0.717) is 5.69 Å². The number of anilines is 1. The van der Waals surface area contributed by atoms with Crippen molar-refractivity contribution in [1.82, 2.24) is 5.32 Å². The molecule has 0 aliphatic carbocycles. The zero-order valence-electron chi connectivity index (χ0n) is 12.4. The summed E-state index contributed by atoms with van der Waals surface area (Å²) in [6.07, 6.45) is 5.02. The smallest absolute Gasteiger partial charge is 0.261 e. The molecule has 1 atom stereocenters. The van der Waals surface area contributed by atoms with Crippen molar-refractivity contribution < 1.29 is 13.6 Å². The number of amides is 1. The van der Waals surface area contributed by atoms with Gasteiger partial charge in [-0.05, 0) is 36.2 Å². The number of carbonyl (C=O) groups excluding carboxylic acids is 1. The van der Waals surface area contributed by atoms with E-state index in [9.17, 15) is 13.6 Å². The van der Waals surface area contributed by atoms with Crippen LogP contribution in [0.25, 0.3) is 0 Å². The zero-order chi connectivity index (χ0) is 16.2. The molecule has 2 aromatic carbocycles. The van der Waals surface area contributed by atoms with Crippen LogP contribution in [0.3, 0.4) is 0 Å². The molecule has 0 radical (unpaired) electrons. The normalized spacial score (nSPS) is 17.0. The minimum atomic E-state index is -0.877. The average molecular weight is 314 g/mol. The molecule has 0 spiro atoms. The van der Waals surface area contributed by atoms with Gasteiger partial charge in [-0.3, -0.25) is 4.79 Å². The Labute approximate surface area is 133 Å². The van der Waals surface area contributed by atoms with Gasteiger partial charge in [0.15, 0.2) is 0 Å². The molecule has 1 unspecified atom stereocenters. The molecule has 0 aromatic heterocycles. The van der Waals surface area contributed by atoms with Crippen LogP contribution in [-0.4, -0.2) is 12.5 Å². The van der Waals surface area contributed by atoms with Gasteiger partial charge in [0.1, 0.15) is 17.2 Å². The number of carbonyl (C=O) groups is 1. The number of benzene rings is 2. The molecule has 5 heteroatoms. The Kier molecular flexibility index (Phi) is 4.48. The van der Waals surface area contributed by atoms with E-state index in [4.69, 9.17) is 0 Å². The molecule has 2 N–H and O–H groups in total. The lowest BCUT2D eigenvalue weighted by Gasteiger charge is -2.20. The van der Waals surface area contributed by atoms with Crippen molar-refractivity contribution in [3.63, 3.8) is 0 Å². The summed E-state index contributed by atoms with van der Waals surface area (Å²) < 4.78 is 27.3. The molecular weight excluding hydrogens is 298 g/mol. The van der Waals surface area contributed by atoms with Crippen molar-refractivity contribution >= 4 is 11.6 Å². The fraction of sp³-hybridized carbons (Fsp3) is 0.167. The number of rotatable bonds is 3. The van der Waals surface area contributed by atoms with Crippen molar-refractivity contribution in [3.8, 4) is 0 Å². The van der Waals surface area contributed by atoms with Crippen molar-refractivity contribution in [1.29, 1.82) is 0 Å². The first kappa shape index (κ1) is 15.4. The molecule has 0 saturated heterocycles. The zero-order valence-corrected chi connectivity index (χ0v) is 12.4. The Morgan fingerprint density at radius 1 is 1.09 bits per heavy atom. The van der Waals surface area contributed by atoms with Crippen LogP contribution in [0.1, 0.15) is 28.4 Å². The fourth-order valence-corrected chi connectivity index (χ4v) is 2.60. The van der Waals surface area contributed by atoms with Crippen LogP contribution in [0.2, 0.25) is 0 Å². The minimum absolute atomic E-state index is 0.169. The monoisotopic (exact) mass is 314 g/mol. The summed E-state index contributed by atoms with van der Waals surface area (Å²) in [5, 5.41) is 5.90. The van der Waals surface area contributed by atoms with Gasteiger partial charge in [-0.25, -0.2) is 8.78 Å². The third kappa shape index (κ3) is 3.46. The minimum Gasteiger partial charge on any atom is -0.322 e. The number of nitrogens with one attached hydrogen (secondary N) is 2. The molecule has 0 bridgehead atoms. The van der Waals surface area contributed by atoms with E-state index in [-0.39, 0.29) is 6.04 Å². The number of hydrogen-bond donors (Lipinski definition) is 2. The third-order valence-electron chi connectivity index (χ3n) is 3.76. The first-order valence-corrected chi connectivity index (χ1v) is 7.39. The first-order valence-electron chi connectivity index (χ1n) is 7.39. The maximum atomic E-state index is 13.7. The standard InChI is InChI=1S/C18H16F2N2O/c19-14-7-4-8-15(20)17(14)18(23)22-13-6-3-5-12(11-13)16-9-1-2-10-21-16/h1-8,11,16,21H,9-10H2,(H,22,23). The molecule has 23 heavy (non-hydrogen) atoms. The molecule has 3 nitrogen and oxygen atoms in total. The topological polar surface area (TPSA) is 41.1 Å². The lowest BCUT2D eigenvalue weighted by molar-refractivity contribution is 0.101. The highest BCUT2D eigenvalue weighted by atomic mass is 19.1. The van der Waals surface area contributed by atoms with Gasteiger partial charge >= 0.3 is 0 Å². The Morgan fingerprint density at radius 2 is 1.83 bits per heavy atom. The van der Waals surface area contributed by atoms with Gasteiger partial charge in [0.05, 0.1) is 0 Å². The molecule has 2 aromatic rings. The van der Waals surface area contributed by atoms with Crippen LogP contribution in [0.15, 0.2) is 54.6 Å². The summed E-state index contributed by atoms with van der Waals surface area (Å²) in [5.41, 5.74) is 0.948. The molecule has 3 rings (SSSR count). The van der Waals surface area contributed by atoms with E-state index >= 15 is 0 Å². The largest absolute Gasteiger partial charge is 0.322 e. The van der Waals surface area contributed by atoms with Gasteiger partial charge in [-0.15, -0.1) is 0 Å². The lowest BCUT2D eigenvalue weighted by Crippen LogP contribution is -2.24. The molecular formula is C18H16F2N2O. The highest BCUT2D eigenvalue weighted by Crippen LogP contribution is 2.23. The molecule has 118 valence electrons. The SMILES string of the molecule is O=C(Nc1cccc(C2CC=CCN2)c1)c1c(F)cccc1F. The molecule has 1 amide bonds. The van der Waals surface area contributed by atoms with Crippen molar-refractivity contribution in [2.45, 2.75) is 12.5 Å². The van der Waals surface area contributed by atoms with Crippen LogP contribution in [0.5, 0.6) is 0 Å². The second-order valence-corrected chi connectivity index (χ2v) is 5.34. The lowest BCUT2D eigenvalue weighted by atomic mass is 10.0. The van der Waals surface area contributed by atoms with E-state index in [2.05, 4.69) is 22.8 Å². The van der Waals surface area contributed by atoms with E-state index in [0.717, 1.165) is 30.7 Å². The summed E-state index contributed by atoms with van der Waals surface area (Å²) in [6, 6.07) is 10.8. The fourth-order valence-electron chi connectivity index (χ4n) is 2.60. The van der Waals surface area contributed by atoms with Crippen molar-refractivity contribution in [2.75, 3.05) is 11.9 Å². The maximum absolute atomic E-state index is 13.7. The van der Waals surface area contributed by atoms with E-state index in [1.807, 2.05) is 18.2 Å². The van der Waals surface area contributed by atoms with E-state index < -0.39 is 23.1 Å². The number of halogens is 2. The summed E-state index contributed by atoms with van der Waals surface area (Å²) in [6.45, 7) is 0.793. The molecule has 1 aliphatic rings. The quantitative estimate of drug-likeness (QED) is 0.846. The average Bonchev–Trinajstić information content (AvgIpc) is 2.56. The predicted molar refractivity (Wildman–Crippen MR) is 85.3 cm³/mol. The van der Waals surface area contributed by atoms with Gasteiger partial charge in [0.2, 0.25) is 0 Å². The van der Waals surface area contributed by atoms with Gasteiger partial charge in [0.25, 0.3) is 5.91 Å². The van der Waals surface area contributed by atoms with Crippen LogP contribution in [0.4, 0.5) is 14.5 Å². The van der Waals surface area contributed by atoms with Gasteiger partial charge < -0.3 is 10.6 Å². The van der Waals surface area contributed by atoms with E-state index in [1.54, 1.807) is 6.07 Å². The Morgan fingerprint density at radius 3 is 2.52 bits per heavy atom. The Balaban J connectivity index is 1.80. The van der Waals surface area contributed by atoms with Gasteiger partial charge in [-0.2, -0.15) is 0 Å². The predicted octanol–water partition coefficient (Wildman–Crippen LogP) is 3.81. The highest BCUT2D eigenvalue weighted by Gasteiger charge is 2.18. The maximum Gasteiger partial charge on any atom is 0.261 e. The summed E-state index contributed by atoms with van der Waals surface area (Å²) in [5.74, 6) is -2.55. The van der Waals surface area contributed by atoms with Gasteiger partial charge in [-0.1, -0.05) is 30.4 Å². The second-order valence-electron chi connectivity index (χ2n) is 5.34. The summed E-state index contributed by atoms with van der Waals surface area (Å²) >= 11 is 0. The molecule has 0 fully saturated rings. The number of hydrogen-bond acceptors (Lipinski definition) is 2. The first-order chi connectivity index (χ1) is 11.1. The van der Waals surface area contributed by atoms with Crippen LogP contribution in [0, 0.1) is 11.6 Å². The third-order valence-corrected chi connectivity index (χ3v) is 3.76. The van der Waals surface area contributed by atoms with Crippen LogP contribution in [-0.2, 0) is 0 Å². The van der Waals surface area contributed by atoms with Crippen LogP contribution >= 0.6 is 0 Å². The van der Waals surface area contributed by atoms with Crippen LogP contribution < -0.4 is 10.6 Å².